The SMILES string of the molecule is Brc1ccc(Br)cc1.CC(C)(C)CS(=O)(=O)O. The van der Waals surface area contributed by atoms with E-state index in [-0.39, 0.29) is 11.2 Å². The van der Waals surface area contributed by atoms with Crippen molar-refractivity contribution in [3.8, 4) is 0 Å². The summed E-state index contributed by atoms with van der Waals surface area (Å²) in [7, 11) is -3.78. The highest BCUT2D eigenvalue weighted by Crippen LogP contribution is 2.15. The second-order valence-corrected chi connectivity index (χ2v) is 8.01. The van der Waals surface area contributed by atoms with Crippen molar-refractivity contribution in [2.45, 2.75) is 20.8 Å². The third-order valence-electron chi connectivity index (χ3n) is 1.42. The minimum Gasteiger partial charge on any atom is -0.286 e. The van der Waals surface area contributed by atoms with Gasteiger partial charge in [-0.1, -0.05) is 52.6 Å². The van der Waals surface area contributed by atoms with Gasteiger partial charge in [-0.15, -0.1) is 0 Å². The Morgan fingerprint density at radius 3 is 1.47 bits per heavy atom. The molecule has 0 amide bonds. The predicted octanol–water partition coefficient (Wildman–Crippen LogP) is 4.13. The molecule has 0 saturated carbocycles. The maximum absolute atomic E-state index is 10.2. The first kappa shape index (κ1) is 17.1. The van der Waals surface area contributed by atoms with Crippen LogP contribution in [0, 0.1) is 5.41 Å². The van der Waals surface area contributed by atoms with E-state index in [1.807, 2.05) is 24.3 Å². The monoisotopic (exact) mass is 386 g/mol. The molecule has 98 valence electrons. The first-order chi connectivity index (χ1) is 7.49. The molecule has 0 bridgehead atoms. The van der Waals surface area contributed by atoms with Crippen LogP contribution in [0.3, 0.4) is 0 Å². The van der Waals surface area contributed by atoms with Crippen molar-refractivity contribution >= 4 is 42.0 Å². The van der Waals surface area contributed by atoms with E-state index in [9.17, 15) is 8.42 Å². The van der Waals surface area contributed by atoms with Gasteiger partial charge in [-0.05, 0) is 29.7 Å². The molecule has 0 aromatic heterocycles. The molecule has 0 saturated heterocycles. The molecule has 1 rings (SSSR count). The maximum atomic E-state index is 10.2. The molecule has 0 spiro atoms. The van der Waals surface area contributed by atoms with Crippen molar-refractivity contribution in [2.24, 2.45) is 5.41 Å². The zero-order valence-corrected chi connectivity index (χ0v) is 13.9. The Morgan fingerprint density at radius 2 is 1.35 bits per heavy atom. The molecule has 0 atom stereocenters. The fraction of sp³-hybridized carbons (Fsp3) is 0.455. The summed E-state index contributed by atoms with van der Waals surface area (Å²) in [6.45, 7) is 5.25. The lowest BCUT2D eigenvalue weighted by Crippen LogP contribution is -2.19. The fourth-order valence-corrected chi connectivity index (χ4v) is 2.60. The lowest BCUT2D eigenvalue weighted by atomic mass is 10.0. The zero-order chi connectivity index (χ0) is 13.7. The van der Waals surface area contributed by atoms with Crippen LogP contribution in [-0.4, -0.2) is 18.7 Å². The molecular formula is C11H16Br2O3S. The Labute approximate surface area is 120 Å². The summed E-state index contributed by atoms with van der Waals surface area (Å²) in [6, 6.07) is 7.96. The lowest BCUT2D eigenvalue weighted by Gasteiger charge is -2.14. The van der Waals surface area contributed by atoms with Crippen LogP contribution in [0.25, 0.3) is 0 Å². The quantitative estimate of drug-likeness (QED) is 0.737. The summed E-state index contributed by atoms with van der Waals surface area (Å²) in [6.07, 6.45) is 0. The average molecular weight is 388 g/mol. The molecule has 17 heavy (non-hydrogen) atoms. The molecule has 0 fully saturated rings. The topological polar surface area (TPSA) is 54.4 Å². The van der Waals surface area contributed by atoms with Crippen LogP contribution in [-0.2, 0) is 10.1 Å². The van der Waals surface area contributed by atoms with Gasteiger partial charge in [-0.25, -0.2) is 0 Å². The van der Waals surface area contributed by atoms with Crippen LogP contribution >= 0.6 is 31.9 Å². The number of hydrogen-bond donors (Lipinski definition) is 1. The minimum atomic E-state index is -3.78. The van der Waals surface area contributed by atoms with Crippen molar-refractivity contribution in [2.75, 3.05) is 5.75 Å². The van der Waals surface area contributed by atoms with E-state index >= 15 is 0 Å². The van der Waals surface area contributed by atoms with Gasteiger partial charge in [-0.3, -0.25) is 4.55 Å². The highest BCUT2D eigenvalue weighted by atomic mass is 79.9. The van der Waals surface area contributed by atoms with Crippen molar-refractivity contribution in [3.63, 3.8) is 0 Å². The van der Waals surface area contributed by atoms with E-state index in [1.165, 1.54) is 0 Å². The molecule has 0 aliphatic rings. The number of benzene rings is 1. The first-order valence-corrected chi connectivity index (χ1v) is 8.05. The van der Waals surface area contributed by atoms with Crippen LogP contribution in [0.2, 0.25) is 0 Å². The van der Waals surface area contributed by atoms with Gasteiger partial charge >= 0.3 is 0 Å². The molecule has 0 unspecified atom stereocenters. The predicted molar refractivity (Wildman–Crippen MR) is 77.7 cm³/mol. The van der Waals surface area contributed by atoms with E-state index in [0.717, 1.165) is 8.95 Å². The summed E-state index contributed by atoms with van der Waals surface area (Å²) in [5.74, 6) is -0.181. The Morgan fingerprint density at radius 1 is 1.06 bits per heavy atom. The molecule has 0 heterocycles. The summed E-state index contributed by atoms with van der Waals surface area (Å²) in [5, 5.41) is 0. The summed E-state index contributed by atoms with van der Waals surface area (Å²) >= 11 is 6.65. The number of hydrogen-bond acceptors (Lipinski definition) is 2. The molecule has 1 aromatic rings. The normalized spacial score (nSPS) is 11.6. The van der Waals surface area contributed by atoms with Gasteiger partial charge in [0.25, 0.3) is 10.1 Å². The summed E-state index contributed by atoms with van der Waals surface area (Å²) < 4.78 is 31.0. The zero-order valence-electron chi connectivity index (χ0n) is 9.94. The van der Waals surface area contributed by atoms with Crippen molar-refractivity contribution in [1.82, 2.24) is 0 Å². The number of rotatable bonds is 1. The van der Waals surface area contributed by atoms with Gasteiger partial charge in [0.2, 0.25) is 0 Å². The molecule has 6 heteroatoms. The highest BCUT2D eigenvalue weighted by Gasteiger charge is 2.18. The van der Waals surface area contributed by atoms with Crippen LogP contribution < -0.4 is 0 Å². The summed E-state index contributed by atoms with van der Waals surface area (Å²) in [5.41, 5.74) is -0.354. The average Bonchev–Trinajstić information content (AvgIpc) is 2.04. The third kappa shape index (κ3) is 12.3. The Hall–Kier alpha value is 0.0900. The van der Waals surface area contributed by atoms with E-state index in [4.69, 9.17) is 4.55 Å². The smallest absolute Gasteiger partial charge is 0.265 e. The standard InChI is InChI=1S/C6H4Br2.C5H12O3S/c7-5-1-2-6(8)4-3-5;1-5(2,3)4-9(6,7)8/h1-4H;4H2,1-3H3,(H,6,7,8). The molecule has 1 N–H and O–H groups in total. The Kier molecular flexibility index (Phi) is 6.91. The molecule has 0 aliphatic heterocycles. The van der Waals surface area contributed by atoms with E-state index < -0.39 is 10.1 Å². The molecule has 0 aliphatic carbocycles. The lowest BCUT2D eigenvalue weighted by molar-refractivity contribution is 0.422. The highest BCUT2D eigenvalue weighted by molar-refractivity contribution is 9.11. The van der Waals surface area contributed by atoms with E-state index in [1.54, 1.807) is 20.8 Å². The van der Waals surface area contributed by atoms with Gasteiger partial charge in [0.1, 0.15) is 0 Å². The second kappa shape index (κ2) is 6.87. The molecular weight excluding hydrogens is 372 g/mol. The second-order valence-electron chi connectivity index (χ2n) is 4.72. The third-order valence-corrected chi connectivity index (χ3v) is 3.71. The van der Waals surface area contributed by atoms with Crippen LogP contribution in [0.5, 0.6) is 0 Å². The van der Waals surface area contributed by atoms with Crippen molar-refractivity contribution in [3.05, 3.63) is 33.2 Å². The molecule has 0 radical (unpaired) electrons. The van der Waals surface area contributed by atoms with Gasteiger partial charge in [0.05, 0.1) is 5.75 Å². The maximum Gasteiger partial charge on any atom is 0.265 e. The molecule has 1 aromatic carbocycles. The summed E-state index contributed by atoms with van der Waals surface area (Å²) in [4.78, 5) is 0. The van der Waals surface area contributed by atoms with Gasteiger partial charge in [-0.2, -0.15) is 8.42 Å². The Balaban J connectivity index is 0.000000302. The van der Waals surface area contributed by atoms with Crippen molar-refractivity contribution < 1.29 is 13.0 Å². The number of halogens is 2. The van der Waals surface area contributed by atoms with E-state index in [0.29, 0.717) is 0 Å². The first-order valence-electron chi connectivity index (χ1n) is 4.86. The van der Waals surface area contributed by atoms with Crippen molar-refractivity contribution in [1.29, 1.82) is 0 Å². The van der Waals surface area contributed by atoms with Crippen LogP contribution in [0.4, 0.5) is 0 Å². The Bertz CT molecular complexity index is 412. The van der Waals surface area contributed by atoms with Crippen LogP contribution in [0.15, 0.2) is 33.2 Å². The van der Waals surface area contributed by atoms with Crippen LogP contribution in [0.1, 0.15) is 20.8 Å². The largest absolute Gasteiger partial charge is 0.286 e. The fourth-order valence-electron chi connectivity index (χ4n) is 0.977. The minimum absolute atomic E-state index is 0.181. The van der Waals surface area contributed by atoms with Gasteiger partial charge < -0.3 is 0 Å². The van der Waals surface area contributed by atoms with E-state index in [2.05, 4.69) is 31.9 Å². The molecule has 3 nitrogen and oxygen atoms in total. The van der Waals surface area contributed by atoms with Gasteiger partial charge in [0, 0.05) is 8.95 Å². The van der Waals surface area contributed by atoms with Gasteiger partial charge in [0.15, 0.2) is 0 Å².